The molecule has 1 amide bonds. The lowest BCUT2D eigenvalue weighted by Crippen LogP contribution is -2.38. The number of nitrogens with one attached hydrogen (secondary N) is 1. The van der Waals surface area contributed by atoms with Crippen LogP contribution in [0.2, 0.25) is 0 Å². The molecule has 1 heterocycles. The molecule has 0 aromatic heterocycles. The van der Waals surface area contributed by atoms with Crippen molar-refractivity contribution in [3.05, 3.63) is 95.6 Å². The van der Waals surface area contributed by atoms with Gasteiger partial charge in [0.15, 0.2) is 6.29 Å². The number of amides is 1. The lowest BCUT2D eigenvalue weighted by Gasteiger charge is -2.41. The van der Waals surface area contributed by atoms with Crippen LogP contribution in [0.3, 0.4) is 0 Å². The largest absolute Gasteiger partial charge is 0.481 e. The quantitative estimate of drug-likeness (QED) is 0.300. The fourth-order valence-corrected chi connectivity index (χ4v) is 5.30. The zero-order valence-corrected chi connectivity index (χ0v) is 21.4. The highest BCUT2D eigenvalue weighted by atomic mass is 32.2. The van der Waals surface area contributed by atoms with Gasteiger partial charge in [0.05, 0.1) is 25.2 Å². The molecule has 0 bridgehead atoms. The molecule has 1 fully saturated rings. The smallest absolute Gasteiger partial charge is 0.303 e. The van der Waals surface area contributed by atoms with E-state index in [0.29, 0.717) is 5.69 Å². The summed E-state index contributed by atoms with van der Waals surface area (Å²) in [6, 6.07) is 25.2. The van der Waals surface area contributed by atoms with E-state index < -0.39 is 12.3 Å². The van der Waals surface area contributed by atoms with Crippen LogP contribution < -0.4 is 5.32 Å². The van der Waals surface area contributed by atoms with E-state index in [0.717, 1.165) is 27.3 Å². The number of rotatable bonds is 10. The number of thioether (sulfide) groups is 1. The van der Waals surface area contributed by atoms with Crippen LogP contribution in [0.5, 0.6) is 0 Å². The second-order valence-electron chi connectivity index (χ2n) is 9.01. The van der Waals surface area contributed by atoms with Crippen molar-refractivity contribution in [1.29, 1.82) is 0 Å². The molecule has 8 heteroatoms. The fourth-order valence-electron chi connectivity index (χ4n) is 4.21. The van der Waals surface area contributed by atoms with Crippen LogP contribution in [-0.4, -0.2) is 33.9 Å². The molecule has 0 aliphatic carbocycles. The first-order valence-electron chi connectivity index (χ1n) is 12.2. The third-order valence-corrected chi connectivity index (χ3v) is 7.39. The summed E-state index contributed by atoms with van der Waals surface area (Å²) in [5, 5.41) is 21.0. The van der Waals surface area contributed by atoms with Crippen LogP contribution >= 0.6 is 11.8 Å². The van der Waals surface area contributed by atoms with Gasteiger partial charge >= 0.3 is 5.97 Å². The Labute approximate surface area is 220 Å². The van der Waals surface area contributed by atoms with Crippen LogP contribution in [0, 0.1) is 5.92 Å². The van der Waals surface area contributed by atoms with Crippen LogP contribution in [0.25, 0.3) is 0 Å². The van der Waals surface area contributed by atoms with Crippen molar-refractivity contribution < 1.29 is 29.3 Å². The van der Waals surface area contributed by atoms with E-state index in [1.54, 1.807) is 23.9 Å². The Morgan fingerprint density at radius 2 is 1.68 bits per heavy atom. The van der Waals surface area contributed by atoms with Gasteiger partial charge in [0, 0.05) is 34.2 Å². The molecule has 1 aliphatic heterocycles. The Hall–Kier alpha value is -3.17. The van der Waals surface area contributed by atoms with Crippen LogP contribution in [-0.2, 0) is 25.7 Å². The molecule has 7 nitrogen and oxygen atoms in total. The van der Waals surface area contributed by atoms with Crippen molar-refractivity contribution in [2.24, 2.45) is 5.92 Å². The predicted molar refractivity (Wildman–Crippen MR) is 142 cm³/mol. The summed E-state index contributed by atoms with van der Waals surface area (Å²) in [5.41, 5.74) is 3.15. The average molecular weight is 522 g/mol. The number of aliphatic carboxylic acids is 1. The first-order chi connectivity index (χ1) is 17.9. The van der Waals surface area contributed by atoms with Gasteiger partial charge < -0.3 is 25.0 Å². The highest BCUT2D eigenvalue weighted by Gasteiger charge is 2.38. The number of carbonyl (C=O) groups is 2. The molecule has 0 saturated carbocycles. The van der Waals surface area contributed by atoms with Gasteiger partial charge in [-0.2, -0.15) is 0 Å². The number of carbonyl (C=O) groups excluding carboxylic acids is 1. The maximum atomic E-state index is 12.2. The third kappa shape index (κ3) is 7.42. The summed E-state index contributed by atoms with van der Waals surface area (Å²) in [6.07, 6.45) is -1.33. The van der Waals surface area contributed by atoms with Crippen LogP contribution in [0.15, 0.2) is 83.8 Å². The number of aliphatic hydroxyl groups excluding tert-OH is 1. The van der Waals surface area contributed by atoms with E-state index in [1.165, 1.54) is 0 Å². The molecule has 3 aromatic rings. The van der Waals surface area contributed by atoms with Gasteiger partial charge in [-0.3, -0.25) is 9.59 Å². The van der Waals surface area contributed by atoms with Crippen molar-refractivity contribution in [2.45, 2.75) is 49.8 Å². The summed E-state index contributed by atoms with van der Waals surface area (Å²) in [5.74, 6) is -0.578. The molecule has 0 spiro atoms. The topological polar surface area (TPSA) is 105 Å². The maximum Gasteiger partial charge on any atom is 0.303 e. The Morgan fingerprint density at radius 3 is 2.38 bits per heavy atom. The lowest BCUT2D eigenvalue weighted by molar-refractivity contribution is -0.268. The number of carboxylic acids is 1. The zero-order valence-electron chi connectivity index (χ0n) is 20.6. The number of hydrogen-bond acceptors (Lipinski definition) is 6. The molecule has 1 aliphatic rings. The monoisotopic (exact) mass is 521 g/mol. The standard InChI is InChI=1S/C29H31NO6S/c1-19-25(18-37-24-8-3-2-4-9-24)35-29(36-28(19)21-12-10-20(17-31)11-13-21)22-6-5-7-23(16-22)30-26(32)14-15-27(33)34/h2-13,16,19,25,28-29,31H,14-15,17-18H2,1H3,(H,30,32)(H,33,34). The van der Waals surface area contributed by atoms with E-state index in [4.69, 9.17) is 14.6 Å². The minimum atomic E-state index is -1.01. The molecule has 194 valence electrons. The normalized spacial score (nSPS) is 21.4. The van der Waals surface area contributed by atoms with E-state index in [2.05, 4.69) is 24.4 Å². The Bertz CT molecular complexity index is 1190. The number of ether oxygens (including phenoxy) is 2. The minimum Gasteiger partial charge on any atom is -0.481 e. The summed E-state index contributed by atoms with van der Waals surface area (Å²) < 4.78 is 12.9. The van der Waals surface area contributed by atoms with Crippen molar-refractivity contribution in [3.8, 4) is 0 Å². The SMILES string of the molecule is CC1C(CSc2ccccc2)OC(c2cccc(NC(=O)CCC(=O)O)c2)OC1c1ccc(CO)cc1. The molecule has 3 N–H and O–H groups in total. The lowest BCUT2D eigenvalue weighted by atomic mass is 9.91. The van der Waals surface area contributed by atoms with Crippen molar-refractivity contribution in [3.63, 3.8) is 0 Å². The van der Waals surface area contributed by atoms with Gasteiger partial charge in [0.2, 0.25) is 5.91 Å². The molecule has 4 atom stereocenters. The van der Waals surface area contributed by atoms with Crippen molar-refractivity contribution in [1.82, 2.24) is 0 Å². The summed E-state index contributed by atoms with van der Waals surface area (Å²) in [6.45, 7) is 2.10. The second-order valence-corrected chi connectivity index (χ2v) is 10.1. The molecule has 0 radical (unpaired) electrons. The molecule has 3 aromatic carbocycles. The maximum absolute atomic E-state index is 12.2. The molecular weight excluding hydrogens is 490 g/mol. The number of anilines is 1. The van der Waals surface area contributed by atoms with Crippen molar-refractivity contribution >= 4 is 29.3 Å². The van der Waals surface area contributed by atoms with Crippen LogP contribution in [0.1, 0.15) is 48.8 Å². The first kappa shape index (κ1) is 26.9. The summed E-state index contributed by atoms with van der Waals surface area (Å²) in [7, 11) is 0. The number of hydrogen-bond donors (Lipinski definition) is 3. The van der Waals surface area contributed by atoms with E-state index >= 15 is 0 Å². The summed E-state index contributed by atoms with van der Waals surface area (Å²) in [4.78, 5) is 24.1. The Balaban J connectivity index is 1.55. The summed E-state index contributed by atoms with van der Waals surface area (Å²) >= 11 is 1.73. The number of benzene rings is 3. The van der Waals surface area contributed by atoms with Gasteiger partial charge in [0.1, 0.15) is 0 Å². The molecule has 4 rings (SSSR count). The number of carboxylic acid groups (broad SMARTS) is 1. The van der Waals surface area contributed by atoms with Gasteiger partial charge in [-0.25, -0.2) is 0 Å². The number of aliphatic hydroxyl groups is 1. The molecular formula is C29H31NO6S. The van der Waals surface area contributed by atoms with Crippen LogP contribution in [0.4, 0.5) is 5.69 Å². The average Bonchev–Trinajstić information content (AvgIpc) is 2.92. The molecule has 1 saturated heterocycles. The highest BCUT2D eigenvalue weighted by Crippen LogP contribution is 2.43. The minimum absolute atomic E-state index is 0.0194. The van der Waals surface area contributed by atoms with Gasteiger partial charge in [-0.15, -0.1) is 11.8 Å². The Morgan fingerprint density at radius 1 is 0.919 bits per heavy atom. The van der Waals surface area contributed by atoms with E-state index in [-0.39, 0.29) is 43.5 Å². The van der Waals surface area contributed by atoms with Gasteiger partial charge in [-0.1, -0.05) is 61.5 Å². The van der Waals surface area contributed by atoms with E-state index in [1.807, 2.05) is 54.6 Å². The highest BCUT2D eigenvalue weighted by molar-refractivity contribution is 7.99. The first-order valence-corrected chi connectivity index (χ1v) is 13.2. The predicted octanol–water partition coefficient (Wildman–Crippen LogP) is 5.57. The van der Waals surface area contributed by atoms with Gasteiger partial charge in [0.25, 0.3) is 0 Å². The van der Waals surface area contributed by atoms with Gasteiger partial charge in [-0.05, 0) is 35.4 Å². The van der Waals surface area contributed by atoms with Crippen molar-refractivity contribution in [2.75, 3.05) is 11.1 Å². The van der Waals surface area contributed by atoms with E-state index in [9.17, 15) is 14.7 Å². The third-order valence-electron chi connectivity index (χ3n) is 6.29. The Kier molecular flexibility index (Phi) is 9.35. The fraction of sp³-hybridized carbons (Fsp3) is 0.310. The molecule has 37 heavy (non-hydrogen) atoms. The molecule has 4 unspecified atom stereocenters. The second kappa shape index (κ2) is 12.9. The zero-order chi connectivity index (χ0) is 26.2.